The SMILES string of the molecule is CN1C=CC=CC1c1ccccc1. The Morgan fingerprint density at radius 2 is 1.85 bits per heavy atom. The Hall–Kier alpha value is -1.50. The zero-order valence-corrected chi connectivity index (χ0v) is 7.72. The van der Waals surface area contributed by atoms with E-state index in [9.17, 15) is 0 Å². The summed E-state index contributed by atoms with van der Waals surface area (Å²) in [5, 5.41) is 0. The highest BCUT2D eigenvalue weighted by Gasteiger charge is 2.11. The molecule has 1 nitrogen and oxygen atoms in total. The summed E-state index contributed by atoms with van der Waals surface area (Å²) in [6, 6.07) is 10.9. The molecule has 1 atom stereocenters. The van der Waals surface area contributed by atoms with Crippen molar-refractivity contribution in [2.24, 2.45) is 0 Å². The number of benzene rings is 1. The molecular weight excluding hydrogens is 158 g/mol. The summed E-state index contributed by atoms with van der Waals surface area (Å²) in [7, 11) is 2.09. The number of likely N-dealkylation sites (N-methyl/N-ethyl adjacent to an activating group) is 1. The van der Waals surface area contributed by atoms with Crippen molar-refractivity contribution in [2.75, 3.05) is 7.05 Å². The largest absolute Gasteiger partial charge is 0.370 e. The Labute approximate surface area is 79.0 Å². The highest BCUT2D eigenvalue weighted by atomic mass is 15.1. The summed E-state index contributed by atoms with van der Waals surface area (Å²) in [4.78, 5) is 2.20. The van der Waals surface area contributed by atoms with E-state index in [2.05, 4.69) is 60.6 Å². The topological polar surface area (TPSA) is 3.24 Å². The summed E-state index contributed by atoms with van der Waals surface area (Å²) >= 11 is 0. The molecule has 1 unspecified atom stereocenters. The molecule has 0 bridgehead atoms. The molecule has 0 saturated carbocycles. The number of hydrogen-bond acceptors (Lipinski definition) is 1. The second kappa shape index (κ2) is 3.48. The van der Waals surface area contributed by atoms with Crippen LogP contribution in [0.3, 0.4) is 0 Å². The fourth-order valence-corrected chi connectivity index (χ4v) is 1.58. The van der Waals surface area contributed by atoms with Gasteiger partial charge in [0.25, 0.3) is 0 Å². The van der Waals surface area contributed by atoms with Gasteiger partial charge in [0.05, 0.1) is 6.04 Å². The Bertz CT molecular complexity index is 324. The van der Waals surface area contributed by atoms with Crippen molar-refractivity contribution < 1.29 is 0 Å². The van der Waals surface area contributed by atoms with Crippen molar-refractivity contribution in [3.8, 4) is 0 Å². The minimum atomic E-state index is 0.395. The first-order chi connectivity index (χ1) is 6.38. The molecule has 66 valence electrons. The first-order valence-electron chi connectivity index (χ1n) is 4.50. The highest BCUT2D eigenvalue weighted by Crippen LogP contribution is 2.22. The van der Waals surface area contributed by atoms with E-state index >= 15 is 0 Å². The van der Waals surface area contributed by atoms with E-state index in [0.29, 0.717) is 6.04 Å². The van der Waals surface area contributed by atoms with Gasteiger partial charge in [0.15, 0.2) is 0 Å². The van der Waals surface area contributed by atoms with Crippen LogP contribution < -0.4 is 0 Å². The minimum Gasteiger partial charge on any atom is -0.370 e. The van der Waals surface area contributed by atoms with Crippen LogP contribution in [0.2, 0.25) is 0 Å². The molecule has 13 heavy (non-hydrogen) atoms. The van der Waals surface area contributed by atoms with Crippen LogP contribution >= 0.6 is 0 Å². The van der Waals surface area contributed by atoms with E-state index < -0.39 is 0 Å². The fraction of sp³-hybridized carbons (Fsp3) is 0.167. The number of nitrogens with zero attached hydrogens (tertiary/aromatic N) is 1. The van der Waals surface area contributed by atoms with E-state index in [4.69, 9.17) is 0 Å². The van der Waals surface area contributed by atoms with Crippen LogP contribution in [0.15, 0.2) is 54.8 Å². The zero-order chi connectivity index (χ0) is 9.10. The number of allylic oxidation sites excluding steroid dienone is 2. The molecule has 0 aliphatic carbocycles. The molecule has 1 aliphatic rings. The summed E-state index contributed by atoms with van der Waals surface area (Å²) in [5.41, 5.74) is 1.34. The summed E-state index contributed by atoms with van der Waals surface area (Å²) in [6.45, 7) is 0. The van der Waals surface area contributed by atoms with Crippen LogP contribution in [0.5, 0.6) is 0 Å². The van der Waals surface area contributed by atoms with Gasteiger partial charge in [0.1, 0.15) is 0 Å². The third kappa shape index (κ3) is 1.64. The van der Waals surface area contributed by atoms with E-state index in [0.717, 1.165) is 0 Å². The third-order valence-electron chi connectivity index (χ3n) is 2.31. The number of hydrogen-bond donors (Lipinski definition) is 0. The first-order valence-corrected chi connectivity index (χ1v) is 4.50. The molecule has 0 fully saturated rings. The maximum absolute atomic E-state index is 2.20. The van der Waals surface area contributed by atoms with Crippen LogP contribution in [-0.2, 0) is 0 Å². The van der Waals surface area contributed by atoms with Crippen LogP contribution in [0.25, 0.3) is 0 Å². The normalized spacial score (nSPS) is 20.7. The number of rotatable bonds is 1. The van der Waals surface area contributed by atoms with Gasteiger partial charge in [-0.15, -0.1) is 0 Å². The van der Waals surface area contributed by atoms with Crippen molar-refractivity contribution in [3.63, 3.8) is 0 Å². The standard InChI is InChI=1S/C12H13N/c1-13-10-6-5-9-12(13)11-7-3-2-4-8-11/h2-10,12H,1H3. The molecule has 2 rings (SSSR count). The maximum atomic E-state index is 2.20. The van der Waals surface area contributed by atoms with Gasteiger partial charge < -0.3 is 4.90 Å². The molecule has 0 aromatic heterocycles. The van der Waals surface area contributed by atoms with Crippen LogP contribution in [0.4, 0.5) is 0 Å². The van der Waals surface area contributed by atoms with Crippen LogP contribution in [-0.4, -0.2) is 11.9 Å². The Balaban J connectivity index is 2.27. The minimum absolute atomic E-state index is 0.395. The molecule has 1 aromatic rings. The van der Waals surface area contributed by atoms with Crippen molar-refractivity contribution in [1.82, 2.24) is 4.90 Å². The van der Waals surface area contributed by atoms with Gasteiger partial charge in [-0.1, -0.05) is 42.5 Å². The van der Waals surface area contributed by atoms with Crippen LogP contribution in [0.1, 0.15) is 11.6 Å². The van der Waals surface area contributed by atoms with Crippen molar-refractivity contribution in [3.05, 3.63) is 60.3 Å². The average molecular weight is 171 g/mol. The Morgan fingerprint density at radius 3 is 2.54 bits per heavy atom. The van der Waals surface area contributed by atoms with Crippen molar-refractivity contribution in [2.45, 2.75) is 6.04 Å². The first kappa shape index (κ1) is 8.11. The van der Waals surface area contributed by atoms with Gasteiger partial charge in [0, 0.05) is 7.05 Å². The van der Waals surface area contributed by atoms with Crippen molar-refractivity contribution in [1.29, 1.82) is 0 Å². The Kier molecular flexibility index (Phi) is 2.17. The molecular formula is C12H13N. The molecule has 1 aromatic carbocycles. The van der Waals surface area contributed by atoms with Gasteiger partial charge >= 0.3 is 0 Å². The molecule has 1 heterocycles. The molecule has 0 amide bonds. The van der Waals surface area contributed by atoms with E-state index in [1.54, 1.807) is 0 Å². The smallest absolute Gasteiger partial charge is 0.0720 e. The van der Waals surface area contributed by atoms with E-state index in [1.165, 1.54) is 5.56 Å². The average Bonchev–Trinajstić information content (AvgIpc) is 2.20. The lowest BCUT2D eigenvalue weighted by atomic mass is 10.0. The predicted octanol–water partition coefficient (Wildman–Crippen LogP) is 2.74. The van der Waals surface area contributed by atoms with Gasteiger partial charge in [0.2, 0.25) is 0 Å². The van der Waals surface area contributed by atoms with Gasteiger partial charge in [-0.05, 0) is 17.8 Å². The molecule has 1 aliphatic heterocycles. The quantitative estimate of drug-likeness (QED) is 0.628. The molecule has 0 saturated heterocycles. The van der Waals surface area contributed by atoms with Gasteiger partial charge in [-0.2, -0.15) is 0 Å². The zero-order valence-electron chi connectivity index (χ0n) is 7.72. The summed E-state index contributed by atoms with van der Waals surface area (Å²) in [6.07, 6.45) is 8.45. The fourth-order valence-electron chi connectivity index (χ4n) is 1.58. The molecule has 1 heteroatoms. The van der Waals surface area contributed by atoms with Crippen LogP contribution in [0, 0.1) is 0 Å². The summed E-state index contributed by atoms with van der Waals surface area (Å²) < 4.78 is 0. The second-order valence-corrected chi connectivity index (χ2v) is 3.25. The summed E-state index contributed by atoms with van der Waals surface area (Å²) in [5.74, 6) is 0. The van der Waals surface area contributed by atoms with Gasteiger partial charge in [-0.3, -0.25) is 0 Å². The van der Waals surface area contributed by atoms with E-state index in [-0.39, 0.29) is 0 Å². The maximum Gasteiger partial charge on any atom is 0.0720 e. The lowest BCUT2D eigenvalue weighted by Gasteiger charge is -2.26. The Morgan fingerprint density at radius 1 is 1.08 bits per heavy atom. The molecule has 0 spiro atoms. The second-order valence-electron chi connectivity index (χ2n) is 3.25. The van der Waals surface area contributed by atoms with Gasteiger partial charge in [-0.25, -0.2) is 0 Å². The molecule has 0 radical (unpaired) electrons. The lowest BCUT2D eigenvalue weighted by Crippen LogP contribution is -2.18. The monoisotopic (exact) mass is 171 g/mol. The van der Waals surface area contributed by atoms with Crippen molar-refractivity contribution >= 4 is 0 Å². The molecule has 0 N–H and O–H groups in total. The predicted molar refractivity (Wildman–Crippen MR) is 55.2 cm³/mol. The third-order valence-corrected chi connectivity index (χ3v) is 2.31. The van der Waals surface area contributed by atoms with E-state index in [1.807, 2.05) is 6.07 Å². The lowest BCUT2D eigenvalue weighted by molar-refractivity contribution is 0.390. The highest BCUT2D eigenvalue weighted by molar-refractivity contribution is 5.27.